The van der Waals surface area contributed by atoms with Crippen molar-refractivity contribution in [3.63, 3.8) is 0 Å². The van der Waals surface area contributed by atoms with Crippen molar-refractivity contribution in [2.75, 3.05) is 0 Å². The van der Waals surface area contributed by atoms with Gasteiger partial charge >= 0.3 is 0 Å². The van der Waals surface area contributed by atoms with E-state index in [1.807, 2.05) is 0 Å². The van der Waals surface area contributed by atoms with Crippen molar-refractivity contribution in [1.82, 2.24) is 15.1 Å². The van der Waals surface area contributed by atoms with E-state index in [4.69, 9.17) is 10.3 Å². The van der Waals surface area contributed by atoms with Crippen LogP contribution in [0.4, 0.5) is 0 Å². The van der Waals surface area contributed by atoms with Gasteiger partial charge in [0.25, 0.3) is 0 Å². The first-order valence-electron chi connectivity index (χ1n) is 5.91. The van der Waals surface area contributed by atoms with E-state index in [9.17, 15) is 0 Å². The molecule has 0 amide bonds. The second kappa shape index (κ2) is 5.16. The maximum absolute atomic E-state index is 6.08. The molecule has 98 valence electrons. The molecule has 0 radical (unpaired) electrons. The SMILES string of the molecule is CC(C)(C)CC(N)Cc1nc(-c2cncs2)no1. The van der Waals surface area contributed by atoms with E-state index in [0.717, 1.165) is 11.3 Å². The van der Waals surface area contributed by atoms with Gasteiger partial charge in [0.05, 0.1) is 10.4 Å². The molecular formula is C12H18N4OS. The van der Waals surface area contributed by atoms with E-state index < -0.39 is 0 Å². The largest absolute Gasteiger partial charge is 0.339 e. The summed E-state index contributed by atoms with van der Waals surface area (Å²) >= 11 is 1.49. The molecular weight excluding hydrogens is 248 g/mol. The van der Waals surface area contributed by atoms with Crippen LogP contribution in [0.25, 0.3) is 10.7 Å². The predicted molar refractivity (Wildman–Crippen MR) is 71.2 cm³/mol. The van der Waals surface area contributed by atoms with Gasteiger partial charge < -0.3 is 10.3 Å². The molecule has 0 aliphatic carbocycles. The van der Waals surface area contributed by atoms with Crippen LogP contribution in [0.1, 0.15) is 33.1 Å². The summed E-state index contributed by atoms with van der Waals surface area (Å²) in [4.78, 5) is 9.24. The van der Waals surface area contributed by atoms with Gasteiger partial charge in [0.1, 0.15) is 0 Å². The zero-order valence-electron chi connectivity index (χ0n) is 10.9. The molecule has 2 heterocycles. The molecule has 2 rings (SSSR count). The maximum Gasteiger partial charge on any atom is 0.228 e. The predicted octanol–water partition coefficient (Wildman–Crippen LogP) is 2.50. The van der Waals surface area contributed by atoms with Crippen molar-refractivity contribution >= 4 is 11.3 Å². The smallest absolute Gasteiger partial charge is 0.228 e. The van der Waals surface area contributed by atoms with Crippen LogP contribution in [0.2, 0.25) is 0 Å². The van der Waals surface area contributed by atoms with Crippen LogP contribution in [-0.4, -0.2) is 21.2 Å². The number of hydrogen-bond acceptors (Lipinski definition) is 6. The summed E-state index contributed by atoms with van der Waals surface area (Å²) in [5.41, 5.74) is 8.04. The molecule has 6 heteroatoms. The fourth-order valence-corrected chi connectivity index (χ4v) is 2.39. The normalized spacial score (nSPS) is 13.8. The topological polar surface area (TPSA) is 77.8 Å². The van der Waals surface area contributed by atoms with Crippen molar-refractivity contribution in [2.24, 2.45) is 11.1 Å². The number of thiazole rings is 1. The highest BCUT2D eigenvalue weighted by atomic mass is 32.1. The Morgan fingerprint density at radius 3 is 2.83 bits per heavy atom. The average molecular weight is 266 g/mol. The minimum absolute atomic E-state index is 0.0414. The van der Waals surface area contributed by atoms with Crippen molar-refractivity contribution in [2.45, 2.75) is 39.7 Å². The summed E-state index contributed by atoms with van der Waals surface area (Å²) in [6.07, 6.45) is 3.27. The number of hydrogen-bond donors (Lipinski definition) is 1. The highest BCUT2D eigenvalue weighted by molar-refractivity contribution is 7.13. The summed E-state index contributed by atoms with van der Waals surface area (Å²) in [5, 5.41) is 3.94. The van der Waals surface area contributed by atoms with Gasteiger partial charge in [-0.15, -0.1) is 11.3 Å². The number of nitrogens with zero attached hydrogens (tertiary/aromatic N) is 3. The quantitative estimate of drug-likeness (QED) is 0.920. The Morgan fingerprint density at radius 1 is 1.44 bits per heavy atom. The maximum atomic E-state index is 6.08. The monoisotopic (exact) mass is 266 g/mol. The zero-order valence-corrected chi connectivity index (χ0v) is 11.7. The first kappa shape index (κ1) is 13.2. The first-order chi connectivity index (χ1) is 8.44. The lowest BCUT2D eigenvalue weighted by Gasteiger charge is -2.21. The molecule has 0 spiro atoms. The molecule has 2 N–H and O–H groups in total. The average Bonchev–Trinajstić information content (AvgIpc) is 2.82. The highest BCUT2D eigenvalue weighted by Gasteiger charge is 2.19. The number of rotatable bonds is 4. The van der Waals surface area contributed by atoms with Gasteiger partial charge in [-0.25, -0.2) is 0 Å². The molecule has 1 unspecified atom stereocenters. The van der Waals surface area contributed by atoms with E-state index in [1.54, 1.807) is 11.7 Å². The third-order valence-corrected chi connectivity index (χ3v) is 3.20. The first-order valence-corrected chi connectivity index (χ1v) is 6.79. The van der Waals surface area contributed by atoms with E-state index in [1.165, 1.54) is 11.3 Å². The fraction of sp³-hybridized carbons (Fsp3) is 0.583. The minimum Gasteiger partial charge on any atom is -0.339 e. The van der Waals surface area contributed by atoms with Gasteiger partial charge in [-0.05, 0) is 11.8 Å². The van der Waals surface area contributed by atoms with Crippen LogP contribution in [-0.2, 0) is 6.42 Å². The molecule has 1 atom stereocenters. The van der Waals surface area contributed by atoms with Crippen molar-refractivity contribution in [1.29, 1.82) is 0 Å². The summed E-state index contributed by atoms with van der Waals surface area (Å²) in [6.45, 7) is 6.51. The van der Waals surface area contributed by atoms with Crippen LogP contribution >= 0.6 is 11.3 Å². The molecule has 0 fully saturated rings. The molecule has 0 aliphatic rings. The Morgan fingerprint density at radius 2 is 2.22 bits per heavy atom. The standard InChI is InChI=1S/C12H18N4OS/c1-12(2,3)5-8(13)4-10-15-11(16-17-10)9-6-14-7-18-9/h6-8H,4-5,13H2,1-3H3. The van der Waals surface area contributed by atoms with Gasteiger partial charge in [-0.2, -0.15) is 4.98 Å². The third-order valence-electron chi connectivity index (χ3n) is 2.43. The molecule has 5 nitrogen and oxygen atoms in total. The second-order valence-corrected chi connectivity index (χ2v) is 6.49. The van der Waals surface area contributed by atoms with Crippen LogP contribution in [0.5, 0.6) is 0 Å². The van der Waals surface area contributed by atoms with Crippen molar-refractivity contribution in [3.05, 3.63) is 17.6 Å². The van der Waals surface area contributed by atoms with Gasteiger partial charge in [0, 0.05) is 18.7 Å². The third kappa shape index (κ3) is 3.61. The molecule has 2 aromatic heterocycles. The van der Waals surface area contributed by atoms with Gasteiger partial charge in [0.15, 0.2) is 0 Å². The zero-order chi connectivity index (χ0) is 13.2. The number of nitrogens with two attached hydrogens (primary N) is 1. The molecule has 0 aromatic carbocycles. The summed E-state index contributed by atoms with van der Waals surface area (Å²) in [7, 11) is 0. The van der Waals surface area contributed by atoms with Crippen molar-refractivity contribution < 1.29 is 4.52 Å². The summed E-state index contributed by atoms with van der Waals surface area (Å²) in [5.74, 6) is 1.19. The van der Waals surface area contributed by atoms with Gasteiger partial charge in [-0.3, -0.25) is 4.98 Å². The van der Waals surface area contributed by atoms with E-state index >= 15 is 0 Å². The van der Waals surface area contributed by atoms with Crippen molar-refractivity contribution in [3.8, 4) is 10.7 Å². The van der Waals surface area contributed by atoms with E-state index in [0.29, 0.717) is 18.1 Å². The molecule has 0 aliphatic heterocycles. The molecule has 18 heavy (non-hydrogen) atoms. The Labute approximate surface area is 110 Å². The summed E-state index contributed by atoms with van der Waals surface area (Å²) < 4.78 is 5.21. The van der Waals surface area contributed by atoms with Crippen LogP contribution < -0.4 is 5.73 Å². The van der Waals surface area contributed by atoms with Gasteiger partial charge in [0.2, 0.25) is 11.7 Å². The van der Waals surface area contributed by atoms with Crippen LogP contribution in [0, 0.1) is 5.41 Å². The Balaban J connectivity index is 1.99. The lowest BCUT2D eigenvalue weighted by atomic mass is 9.87. The lowest BCUT2D eigenvalue weighted by Crippen LogP contribution is -2.28. The Hall–Kier alpha value is -1.27. The second-order valence-electron chi connectivity index (χ2n) is 5.61. The Bertz CT molecular complexity index is 486. The highest BCUT2D eigenvalue weighted by Crippen LogP contribution is 2.23. The lowest BCUT2D eigenvalue weighted by molar-refractivity contribution is 0.313. The number of aromatic nitrogens is 3. The van der Waals surface area contributed by atoms with E-state index in [2.05, 4.69) is 35.9 Å². The Kier molecular flexibility index (Phi) is 3.77. The fourth-order valence-electron chi connectivity index (χ4n) is 1.85. The van der Waals surface area contributed by atoms with Crippen LogP contribution in [0.15, 0.2) is 16.2 Å². The molecule has 0 saturated heterocycles. The molecule has 0 bridgehead atoms. The summed E-state index contributed by atoms with van der Waals surface area (Å²) in [6, 6.07) is 0.0414. The minimum atomic E-state index is 0.0414. The van der Waals surface area contributed by atoms with Crippen LogP contribution in [0.3, 0.4) is 0 Å². The molecule has 0 saturated carbocycles. The van der Waals surface area contributed by atoms with E-state index in [-0.39, 0.29) is 11.5 Å². The molecule has 2 aromatic rings. The van der Waals surface area contributed by atoms with Gasteiger partial charge in [-0.1, -0.05) is 25.9 Å².